The van der Waals surface area contributed by atoms with Crippen molar-refractivity contribution < 1.29 is 19.2 Å². The lowest BCUT2D eigenvalue weighted by Crippen LogP contribution is -2.27. The summed E-state index contributed by atoms with van der Waals surface area (Å²) >= 11 is 0.906. The first-order valence-corrected chi connectivity index (χ1v) is 12.0. The maximum atomic E-state index is 13.1. The Morgan fingerprint density at radius 3 is 2.33 bits per heavy atom. The average molecular weight is 497 g/mol. The van der Waals surface area contributed by atoms with Crippen molar-refractivity contribution in [2.24, 2.45) is 0 Å². The Morgan fingerprint density at radius 1 is 0.861 bits per heavy atom. The first kappa shape index (κ1) is 23.3. The van der Waals surface area contributed by atoms with Gasteiger partial charge in [0.2, 0.25) is 0 Å². The number of carbonyl (C=O) groups is 2. The van der Waals surface area contributed by atoms with Crippen molar-refractivity contribution in [2.45, 2.75) is 13.2 Å². The number of nitro groups is 1. The molecule has 0 saturated carbocycles. The highest BCUT2D eigenvalue weighted by Crippen LogP contribution is 2.35. The summed E-state index contributed by atoms with van der Waals surface area (Å²) in [6, 6.07) is 27.2. The third-order valence-electron chi connectivity index (χ3n) is 5.78. The third kappa shape index (κ3) is 4.99. The standard InChI is InChI=1S/C28H20N2O5S/c31-27-26(36-28(32)29(27)17-20-9-12-21-5-1-2-6-22(21)15-20)16-23-7-3-4-8-25(23)35-18-19-10-13-24(14-11-19)30(33)34/h1-16H,17-18H2. The molecule has 0 spiro atoms. The van der Waals surface area contributed by atoms with Crippen LogP contribution >= 0.6 is 11.8 Å². The molecule has 5 rings (SSSR count). The average Bonchev–Trinajstić information content (AvgIpc) is 3.15. The van der Waals surface area contributed by atoms with Crippen LogP contribution < -0.4 is 4.74 Å². The molecule has 4 aromatic carbocycles. The van der Waals surface area contributed by atoms with Crippen LogP contribution in [-0.4, -0.2) is 21.0 Å². The van der Waals surface area contributed by atoms with Crippen LogP contribution in [-0.2, 0) is 17.9 Å². The molecule has 178 valence electrons. The maximum Gasteiger partial charge on any atom is 0.293 e. The molecule has 7 nitrogen and oxygen atoms in total. The van der Waals surface area contributed by atoms with Gasteiger partial charge in [-0.1, -0.05) is 54.6 Å². The summed E-state index contributed by atoms with van der Waals surface area (Å²) in [5.41, 5.74) is 2.32. The number of amides is 2. The molecule has 1 heterocycles. The van der Waals surface area contributed by atoms with Crippen molar-refractivity contribution in [3.63, 3.8) is 0 Å². The van der Waals surface area contributed by atoms with Gasteiger partial charge in [0.25, 0.3) is 16.8 Å². The Morgan fingerprint density at radius 2 is 1.56 bits per heavy atom. The molecule has 1 fully saturated rings. The van der Waals surface area contributed by atoms with Gasteiger partial charge in [-0.15, -0.1) is 0 Å². The lowest BCUT2D eigenvalue weighted by atomic mass is 10.1. The second-order valence-electron chi connectivity index (χ2n) is 8.20. The van der Waals surface area contributed by atoms with Crippen molar-refractivity contribution in [2.75, 3.05) is 0 Å². The molecule has 0 radical (unpaired) electrons. The van der Waals surface area contributed by atoms with Crippen molar-refractivity contribution in [1.82, 2.24) is 4.90 Å². The van der Waals surface area contributed by atoms with Crippen LogP contribution in [0.4, 0.5) is 10.5 Å². The fourth-order valence-corrected chi connectivity index (χ4v) is 4.73. The fourth-order valence-electron chi connectivity index (χ4n) is 3.90. The molecule has 0 atom stereocenters. The summed E-state index contributed by atoms with van der Waals surface area (Å²) in [7, 11) is 0. The molecule has 0 bridgehead atoms. The number of non-ortho nitro benzene ring substituents is 1. The first-order chi connectivity index (χ1) is 17.5. The van der Waals surface area contributed by atoms with Gasteiger partial charge in [0.1, 0.15) is 12.4 Å². The number of hydrogen-bond donors (Lipinski definition) is 0. The van der Waals surface area contributed by atoms with Crippen LogP contribution in [0, 0.1) is 10.1 Å². The maximum absolute atomic E-state index is 13.1. The van der Waals surface area contributed by atoms with Gasteiger partial charge in [-0.25, -0.2) is 0 Å². The molecule has 0 aromatic heterocycles. The number of nitro benzene ring substituents is 1. The zero-order chi connectivity index (χ0) is 25.1. The molecular weight excluding hydrogens is 476 g/mol. The van der Waals surface area contributed by atoms with Gasteiger partial charge in [0.15, 0.2) is 0 Å². The van der Waals surface area contributed by atoms with E-state index in [2.05, 4.69) is 0 Å². The molecule has 0 unspecified atom stereocenters. The summed E-state index contributed by atoms with van der Waals surface area (Å²) < 4.78 is 5.93. The Hall–Kier alpha value is -4.43. The second kappa shape index (κ2) is 10.1. The van der Waals surface area contributed by atoms with E-state index in [1.807, 2.05) is 60.7 Å². The predicted molar refractivity (Wildman–Crippen MR) is 139 cm³/mol. The number of carbonyl (C=O) groups excluding carboxylic acids is 2. The van der Waals surface area contributed by atoms with Crippen molar-refractivity contribution in [3.8, 4) is 5.75 Å². The molecule has 0 N–H and O–H groups in total. The largest absolute Gasteiger partial charge is 0.488 e. The van der Waals surface area contributed by atoms with Gasteiger partial charge in [0.05, 0.1) is 16.4 Å². The summed E-state index contributed by atoms with van der Waals surface area (Å²) in [4.78, 5) is 37.7. The Labute approximate surface area is 211 Å². The summed E-state index contributed by atoms with van der Waals surface area (Å²) in [6.45, 7) is 0.400. The lowest BCUT2D eigenvalue weighted by molar-refractivity contribution is -0.384. The first-order valence-electron chi connectivity index (χ1n) is 11.2. The number of fused-ring (bicyclic) bond motifs is 1. The van der Waals surface area contributed by atoms with Gasteiger partial charge in [0, 0.05) is 17.7 Å². The van der Waals surface area contributed by atoms with E-state index in [0.717, 1.165) is 33.7 Å². The van der Waals surface area contributed by atoms with E-state index in [4.69, 9.17) is 4.74 Å². The van der Waals surface area contributed by atoms with Crippen LogP contribution in [0.25, 0.3) is 16.8 Å². The summed E-state index contributed by atoms with van der Waals surface area (Å²) in [6.07, 6.45) is 1.66. The van der Waals surface area contributed by atoms with Crippen LogP contribution in [0.15, 0.2) is 95.9 Å². The van der Waals surface area contributed by atoms with Crippen molar-refractivity contribution in [3.05, 3.63) is 123 Å². The third-order valence-corrected chi connectivity index (χ3v) is 6.68. The minimum Gasteiger partial charge on any atom is -0.488 e. The minimum atomic E-state index is -0.451. The smallest absolute Gasteiger partial charge is 0.293 e. The van der Waals surface area contributed by atoms with Crippen LogP contribution in [0.2, 0.25) is 0 Å². The minimum absolute atomic E-state index is 0.0126. The topological polar surface area (TPSA) is 89.7 Å². The Balaban J connectivity index is 1.31. The van der Waals surface area contributed by atoms with E-state index in [1.165, 1.54) is 17.0 Å². The molecule has 2 amide bonds. The number of hydrogen-bond acceptors (Lipinski definition) is 6. The predicted octanol–water partition coefficient (Wildman–Crippen LogP) is 6.56. The van der Waals surface area contributed by atoms with E-state index in [1.54, 1.807) is 24.3 Å². The molecular formula is C28H20N2O5S. The molecule has 0 aliphatic carbocycles. The van der Waals surface area contributed by atoms with E-state index in [-0.39, 0.29) is 30.0 Å². The van der Waals surface area contributed by atoms with Gasteiger partial charge < -0.3 is 4.74 Å². The van der Waals surface area contributed by atoms with Gasteiger partial charge in [-0.2, -0.15) is 0 Å². The van der Waals surface area contributed by atoms with E-state index in [9.17, 15) is 19.7 Å². The van der Waals surface area contributed by atoms with E-state index in [0.29, 0.717) is 16.2 Å². The lowest BCUT2D eigenvalue weighted by Gasteiger charge is -2.13. The molecule has 1 aliphatic rings. The highest BCUT2D eigenvalue weighted by Gasteiger charge is 2.35. The van der Waals surface area contributed by atoms with E-state index >= 15 is 0 Å². The van der Waals surface area contributed by atoms with Crippen LogP contribution in [0.1, 0.15) is 16.7 Å². The quantitative estimate of drug-likeness (QED) is 0.163. The molecule has 1 saturated heterocycles. The van der Waals surface area contributed by atoms with Crippen molar-refractivity contribution >= 4 is 45.4 Å². The zero-order valence-electron chi connectivity index (χ0n) is 19.0. The van der Waals surface area contributed by atoms with Gasteiger partial charge in [-0.3, -0.25) is 24.6 Å². The van der Waals surface area contributed by atoms with Gasteiger partial charge in [-0.05, 0) is 64.0 Å². The number of nitrogens with zero attached hydrogens (tertiary/aromatic N) is 2. The molecule has 1 aliphatic heterocycles. The number of rotatable bonds is 7. The number of ether oxygens (including phenoxy) is 1. The molecule has 8 heteroatoms. The number of benzene rings is 4. The monoisotopic (exact) mass is 496 g/mol. The molecule has 36 heavy (non-hydrogen) atoms. The van der Waals surface area contributed by atoms with Crippen LogP contribution in [0.5, 0.6) is 5.75 Å². The highest BCUT2D eigenvalue weighted by molar-refractivity contribution is 8.18. The molecule has 4 aromatic rings. The Kier molecular flexibility index (Phi) is 6.51. The second-order valence-corrected chi connectivity index (χ2v) is 9.19. The highest BCUT2D eigenvalue weighted by atomic mass is 32.2. The number of thioether (sulfide) groups is 1. The summed E-state index contributed by atoms with van der Waals surface area (Å²) in [5, 5.41) is 12.7. The van der Waals surface area contributed by atoms with Crippen LogP contribution in [0.3, 0.4) is 0 Å². The zero-order valence-corrected chi connectivity index (χ0v) is 19.8. The normalized spacial score (nSPS) is 14.6. The van der Waals surface area contributed by atoms with E-state index < -0.39 is 4.92 Å². The Bertz CT molecular complexity index is 1510. The number of imide groups is 1. The SMILES string of the molecule is O=C1SC(=Cc2ccccc2OCc2ccc([N+](=O)[O-])cc2)C(=O)N1Cc1ccc2ccccc2c1. The summed E-state index contributed by atoms with van der Waals surface area (Å²) in [5.74, 6) is 0.195. The van der Waals surface area contributed by atoms with Crippen molar-refractivity contribution in [1.29, 1.82) is 0 Å². The van der Waals surface area contributed by atoms with Gasteiger partial charge >= 0.3 is 0 Å². The fraction of sp³-hybridized carbons (Fsp3) is 0.0714. The number of para-hydroxylation sites is 1.